The van der Waals surface area contributed by atoms with Crippen LogP contribution in [0, 0.1) is 0 Å². The number of likely N-dealkylation sites (tertiary alicyclic amines) is 2. The highest BCUT2D eigenvalue weighted by Gasteiger charge is 2.38. The number of nitrogens with one attached hydrogen (secondary N) is 1. The monoisotopic (exact) mass is 408 g/mol. The molecule has 0 saturated carbocycles. The number of hydrogen-bond acceptors (Lipinski definition) is 4. The second-order valence-corrected chi connectivity index (χ2v) is 8.16. The third-order valence-corrected chi connectivity index (χ3v) is 6.07. The van der Waals surface area contributed by atoms with E-state index in [1.165, 1.54) is 12.3 Å². The Morgan fingerprint density at radius 3 is 2.59 bits per heavy atom. The maximum atomic E-state index is 13.4. The lowest BCUT2D eigenvalue weighted by Gasteiger charge is -2.43. The van der Waals surface area contributed by atoms with Gasteiger partial charge in [-0.25, -0.2) is 13.6 Å². The maximum absolute atomic E-state index is 13.4. The topological polar surface area (TPSA) is 74.8 Å². The summed E-state index contributed by atoms with van der Waals surface area (Å²) < 4.78 is 32.2. The Morgan fingerprint density at radius 1 is 1.21 bits per heavy atom. The molecule has 158 valence electrons. The molecule has 9 heteroatoms. The van der Waals surface area contributed by atoms with E-state index in [0.717, 1.165) is 25.5 Å². The number of nitrogens with zero attached hydrogens (tertiary/aromatic N) is 3. The van der Waals surface area contributed by atoms with Crippen LogP contribution >= 0.6 is 0 Å². The second-order valence-electron chi connectivity index (χ2n) is 8.16. The Balaban J connectivity index is 1.31. The number of halogens is 2. The highest BCUT2D eigenvalue weighted by molar-refractivity contribution is 5.79. The Morgan fingerprint density at radius 2 is 1.93 bits per heavy atom. The van der Waals surface area contributed by atoms with Crippen molar-refractivity contribution in [3.63, 3.8) is 0 Å². The van der Waals surface area contributed by atoms with Gasteiger partial charge in [-0.3, -0.25) is 9.78 Å². The van der Waals surface area contributed by atoms with Gasteiger partial charge in [0.1, 0.15) is 6.61 Å². The first-order valence-corrected chi connectivity index (χ1v) is 10.1. The molecule has 0 unspecified atom stereocenters. The number of aromatic nitrogens is 1. The molecule has 3 saturated heterocycles. The van der Waals surface area contributed by atoms with Crippen molar-refractivity contribution in [1.29, 1.82) is 0 Å². The Labute approximate surface area is 168 Å². The zero-order chi connectivity index (χ0) is 20.6. The number of fused-ring (bicyclic) bond motifs is 1. The van der Waals surface area contributed by atoms with Gasteiger partial charge in [0.2, 0.25) is 5.91 Å². The number of hydrogen-bond donors (Lipinski definition) is 1. The van der Waals surface area contributed by atoms with E-state index in [9.17, 15) is 18.4 Å². The summed E-state index contributed by atoms with van der Waals surface area (Å²) in [5.74, 6) is -2.87. The third-order valence-electron chi connectivity index (χ3n) is 6.07. The fraction of sp³-hybridized carbons (Fsp3) is 0.650. The number of ether oxygens (including phenoxy) is 1. The number of pyridine rings is 1. The number of amides is 3. The molecule has 2 atom stereocenters. The van der Waals surface area contributed by atoms with Crippen LogP contribution in [0.5, 0.6) is 0 Å². The first kappa shape index (κ1) is 20.0. The van der Waals surface area contributed by atoms with Crippen LogP contribution in [0.1, 0.15) is 43.4 Å². The largest absolute Gasteiger partial charge is 0.366 e. The average Bonchev–Trinajstić information content (AvgIpc) is 2.72. The molecule has 4 rings (SSSR count). The van der Waals surface area contributed by atoms with Crippen molar-refractivity contribution in [2.24, 2.45) is 0 Å². The minimum Gasteiger partial charge on any atom is -0.366 e. The molecule has 0 spiro atoms. The second kappa shape index (κ2) is 7.85. The van der Waals surface area contributed by atoms with Crippen molar-refractivity contribution in [3.05, 3.63) is 29.6 Å². The molecule has 0 radical (unpaired) electrons. The molecule has 1 aromatic heterocycles. The molecule has 0 aromatic carbocycles. The Kier molecular flexibility index (Phi) is 5.42. The van der Waals surface area contributed by atoms with Gasteiger partial charge in [-0.05, 0) is 31.4 Å². The molecule has 3 aliphatic rings. The fourth-order valence-corrected chi connectivity index (χ4v) is 4.35. The molecule has 29 heavy (non-hydrogen) atoms. The lowest BCUT2D eigenvalue weighted by atomic mass is 9.92. The molecule has 3 amide bonds. The number of rotatable bonds is 2. The number of alkyl halides is 2. The fourth-order valence-electron chi connectivity index (χ4n) is 4.35. The molecule has 0 bridgehead atoms. The summed E-state index contributed by atoms with van der Waals surface area (Å²) in [4.78, 5) is 32.3. The van der Waals surface area contributed by atoms with E-state index in [1.54, 1.807) is 11.0 Å². The Bertz CT molecular complexity index is 760. The predicted molar refractivity (Wildman–Crippen MR) is 101 cm³/mol. The van der Waals surface area contributed by atoms with Crippen molar-refractivity contribution in [3.8, 4) is 0 Å². The zero-order valence-electron chi connectivity index (χ0n) is 16.4. The van der Waals surface area contributed by atoms with Gasteiger partial charge in [-0.1, -0.05) is 0 Å². The van der Waals surface area contributed by atoms with Crippen LogP contribution in [0.4, 0.5) is 13.6 Å². The van der Waals surface area contributed by atoms with Crippen molar-refractivity contribution in [2.75, 3.05) is 32.8 Å². The van der Waals surface area contributed by atoms with E-state index >= 15 is 0 Å². The molecule has 1 N–H and O–H groups in total. The molecule has 0 aliphatic carbocycles. The van der Waals surface area contributed by atoms with Crippen LogP contribution in [0.15, 0.2) is 18.3 Å². The van der Waals surface area contributed by atoms with E-state index in [1.807, 2.05) is 4.90 Å². The summed E-state index contributed by atoms with van der Waals surface area (Å²) in [5.41, 5.74) is 0.712. The molecule has 4 heterocycles. The summed E-state index contributed by atoms with van der Waals surface area (Å²) in [6, 6.07) is 2.94. The lowest BCUT2D eigenvalue weighted by molar-refractivity contribution is -0.139. The Hall–Kier alpha value is -2.29. The van der Waals surface area contributed by atoms with Crippen LogP contribution in [-0.2, 0) is 15.5 Å². The van der Waals surface area contributed by atoms with Gasteiger partial charge in [-0.2, -0.15) is 0 Å². The van der Waals surface area contributed by atoms with Gasteiger partial charge in [0.25, 0.3) is 5.92 Å². The highest BCUT2D eigenvalue weighted by atomic mass is 19.3. The van der Waals surface area contributed by atoms with Crippen molar-refractivity contribution >= 4 is 11.9 Å². The predicted octanol–water partition coefficient (Wildman–Crippen LogP) is 2.08. The minimum atomic E-state index is -2.89. The van der Waals surface area contributed by atoms with Gasteiger partial charge in [0.05, 0.1) is 12.1 Å². The highest BCUT2D eigenvalue weighted by Crippen LogP contribution is 2.31. The number of piperidine rings is 2. The van der Waals surface area contributed by atoms with E-state index in [4.69, 9.17) is 4.74 Å². The molecular weight excluding hydrogens is 382 g/mol. The number of carbonyl (C=O) groups excluding carboxylic acids is 2. The van der Waals surface area contributed by atoms with Crippen LogP contribution in [-0.4, -0.2) is 71.7 Å². The number of urea groups is 1. The standard InChI is InChI=1S/C20H26F2N4O3/c1-20(21,22)14-2-3-15(23-10-14)13-4-7-25(8-5-13)19(28)26-9-6-17-16(11-26)24-18(27)12-29-17/h2-3,10,13,16-17H,4-9,11-12H2,1H3,(H,24,27)/t16-,17+/m1/s1. The van der Waals surface area contributed by atoms with Gasteiger partial charge < -0.3 is 19.9 Å². The van der Waals surface area contributed by atoms with E-state index in [-0.39, 0.29) is 42.2 Å². The average molecular weight is 408 g/mol. The van der Waals surface area contributed by atoms with Gasteiger partial charge in [-0.15, -0.1) is 0 Å². The van der Waals surface area contributed by atoms with E-state index < -0.39 is 5.92 Å². The summed E-state index contributed by atoms with van der Waals surface area (Å²) >= 11 is 0. The third kappa shape index (κ3) is 4.34. The van der Waals surface area contributed by atoms with Crippen LogP contribution < -0.4 is 5.32 Å². The number of morpholine rings is 1. The minimum absolute atomic E-state index is 0.0179. The molecule has 7 nitrogen and oxygen atoms in total. The SMILES string of the molecule is CC(F)(F)c1ccc(C2CCN(C(=O)N3CC[C@@H]4OCC(=O)N[C@@H]4C3)CC2)nc1. The summed E-state index contributed by atoms with van der Waals surface area (Å²) in [7, 11) is 0. The van der Waals surface area contributed by atoms with Gasteiger partial charge in [0, 0.05) is 56.5 Å². The first-order chi connectivity index (χ1) is 13.8. The van der Waals surface area contributed by atoms with Crippen LogP contribution in [0.2, 0.25) is 0 Å². The summed E-state index contributed by atoms with van der Waals surface area (Å²) in [6.07, 6.45) is 3.44. The van der Waals surface area contributed by atoms with E-state index in [2.05, 4.69) is 10.3 Å². The lowest BCUT2D eigenvalue weighted by Crippen LogP contribution is -2.62. The maximum Gasteiger partial charge on any atom is 0.320 e. The van der Waals surface area contributed by atoms with E-state index in [0.29, 0.717) is 32.6 Å². The van der Waals surface area contributed by atoms with Crippen molar-refractivity contribution < 1.29 is 23.1 Å². The molecule has 3 fully saturated rings. The normalized spacial score (nSPS) is 26.1. The number of carbonyl (C=O) groups is 2. The molecule has 1 aromatic rings. The summed E-state index contributed by atoms with van der Waals surface area (Å²) in [5, 5.41) is 2.91. The van der Waals surface area contributed by atoms with Gasteiger partial charge >= 0.3 is 6.03 Å². The van der Waals surface area contributed by atoms with Gasteiger partial charge in [0.15, 0.2) is 0 Å². The summed E-state index contributed by atoms with van der Waals surface area (Å²) in [6.45, 7) is 3.23. The molecule has 3 aliphatic heterocycles. The molecular formula is C20H26F2N4O3. The van der Waals surface area contributed by atoms with Crippen molar-refractivity contribution in [2.45, 2.75) is 50.2 Å². The smallest absolute Gasteiger partial charge is 0.320 e. The van der Waals surface area contributed by atoms with Crippen molar-refractivity contribution in [1.82, 2.24) is 20.1 Å². The van der Waals surface area contributed by atoms with Crippen LogP contribution in [0.3, 0.4) is 0 Å². The van der Waals surface area contributed by atoms with Crippen LogP contribution in [0.25, 0.3) is 0 Å². The first-order valence-electron chi connectivity index (χ1n) is 10.1. The zero-order valence-corrected chi connectivity index (χ0v) is 16.4. The quantitative estimate of drug-likeness (QED) is 0.813.